The first kappa shape index (κ1) is 15.3. The molecule has 0 aliphatic heterocycles. The molecule has 3 rings (SSSR count). The van der Waals surface area contributed by atoms with Gasteiger partial charge >= 0.3 is 6.03 Å². The standard InChI is InChI=1S/C19H15BrN2O/c20-16-8-12-18(13-9-16)22-19(23)21-17-10-6-15(7-11-17)14-4-2-1-3-5-14/h1-13H,(H2,21,22,23). The number of hydrogen-bond donors (Lipinski definition) is 2. The van der Waals surface area contributed by atoms with Crippen molar-refractivity contribution in [1.29, 1.82) is 0 Å². The fourth-order valence-corrected chi connectivity index (χ4v) is 2.47. The van der Waals surface area contributed by atoms with Crippen LogP contribution in [0.15, 0.2) is 83.3 Å². The zero-order chi connectivity index (χ0) is 16.1. The summed E-state index contributed by atoms with van der Waals surface area (Å²) in [5, 5.41) is 5.61. The molecule has 3 aromatic carbocycles. The number of nitrogens with one attached hydrogen (secondary N) is 2. The van der Waals surface area contributed by atoms with Crippen LogP contribution in [0.1, 0.15) is 0 Å². The summed E-state index contributed by atoms with van der Waals surface area (Å²) in [6.45, 7) is 0. The van der Waals surface area contributed by atoms with Gasteiger partial charge in [0.15, 0.2) is 0 Å². The SMILES string of the molecule is O=C(Nc1ccc(Br)cc1)Nc1ccc(-c2ccccc2)cc1. The van der Waals surface area contributed by atoms with Crippen molar-refractivity contribution in [3.05, 3.63) is 83.3 Å². The zero-order valence-corrected chi connectivity index (χ0v) is 13.9. The fourth-order valence-electron chi connectivity index (χ4n) is 2.20. The minimum Gasteiger partial charge on any atom is -0.308 e. The summed E-state index contributed by atoms with van der Waals surface area (Å²) in [4.78, 5) is 12.0. The van der Waals surface area contributed by atoms with Crippen LogP contribution in [0.2, 0.25) is 0 Å². The van der Waals surface area contributed by atoms with Crippen molar-refractivity contribution in [1.82, 2.24) is 0 Å². The maximum Gasteiger partial charge on any atom is 0.323 e. The van der Waals surface area contributed by atoms with Gasteiger partial charge in [0.2, 0.25) is 0 Å². The first-order valence-electron chi connectivity index (χ1n) is 7.20. The van der Waals surface area contributed by atoms with E-state index in [0.29, 0.717) is 0 Å². The van der Waals surface area contributed by atoms with Gasteiger partial charge < -0.3 is 10.6 Å². The van der Waals surface area contributed by atoms with Gasteiger partial charge in [-0.15, -0.1) is 0 Å². The number of benzene rings is 3. The topological polar surface area (TPSA) is 41.1 Å². The van der Waals surface area contributed by atoms with Crippen molar-refractivity contribution in [3.63, 3.8) is 0 Å². The van der Waals surface area contributed by atoms with E-state index in [9.17, 15) is 4.79 Å². The molecular weight excluding hydrogens is 352 g/mol. The highest BCUT2D eigenvalue weighted by molar-refractivity contribution is 9.10. The molecule has 3 nitrogen and oxygen atoms in total. The number of halogens is 1. The maximum atomic E-state index is 12.0. The summed E-state index contributed by atoms with van der Waals surface area (Å²) in [5.41, 5.74) is 3.76. The minimum atomic E-state index is -0.264. The van der Waals surface area contributed by atoms with Gasteiger partial charge in [0.1, 0.15) is 0 Å². The summed E-state index contributed by atoms with van der Waals surface area (Å²) in [6.07, 6.45) is 0. The van der Waals surface area contributed by atoms with E-state index in [1.165, 1.54) is 0 Å². The van der Waals surface area contributed by atoms with Crippen LogP contribution in [0.25, 0.3) is 11.1 Å². The third-order valence-corrected chi connectivity index (χ3v) is 3.88. The summed E-state index contributed by atoms with van der Waals surface area (Å²) in [5.74, 6) is 0. The van der Waals surface area contributed by atoms with Crippen molar-refractivity contribution in [2.45, 2.75) is 0 Å². The van der Waals surface area contributed by atoms with E-state index in [1.807, 2.05) is 66.7 Å². The highest BCUT2D eigenvalue weighted by atomic mass is 79.9. The number of hydrogen-bond acceptors (Lipinski definition) is 1. The molecule has 0 saturated carbocycles. The molecule has 0 bridgehead atoms. The highest BCUT2D eigenvalue weighted by Crippen LogP contribution is 2.21. The largest absolute Gasteiger partial charge is 0.323 e. The molecule has 2 amide bonds. The second-order valence-corrected chi connectivity index (χ2v) is 5.95. The van der Waals surface area contributed by atoms with E-state index in [-0.39, 0.29) is 6.03 Å². The van der Waals surface area contributed by atoms with Gasteiger partial charge in [-0.1, -0.05) is 58.4 Å². The average Bonchev–Trinajstić information content (AvgIpc) is 2.58. The lowest BCUT2D eigenvalue weighted by Gasteiger charge is -2.08. The van der Waals surface area contributed by atoms with Crippen molar-refractivity contribution in [2.75, 3.05) is 10.6 Å². The Bertz CT molecular complexity index is 784. The second-order valence-electron chi connectivity index (χ2n) is 5.03. The third-order valence-electron chi connectivity index (χ3n) is 3.35. The number of carbonyl (C=O) groups excluding carboxylic acids is 1. The van der Waals surface area contributed by atoms with Gasteiger partial charge in [0.25, 0.3) is 0 Å². The molecule has 23 heavy (non-hydrogen) atoms. The van der Waals surface area contributed by atoms with Gasteiger partial charge in [0.05, 0.1) is 0 Å². The van der Waals surface area contributed by atoms with Crippen LogP contribution < -0.4 is 10.6 Å². The summed E-state index contributed by atoms with van der Waals surface area (Å²) >= 11 is 3.36. The minimum absolute atomic E-state index is 0.264. The van der Waals surface area contributed by atoms with Crippen molar-refractivity contribution < 1.29 is 4.79 Å². The lowest BCUT2D eigenvalue weighted by atomic mass is 10.1. The van der Waals surface area contributed by atoms with Crippen molar-refractivity contribution >= 4 is 33.3 Å². The molecule has 0 spiro atoms. The van der Waals surface area contributed by atoms with Gasteiger partial charge in [-0.05, 0) is 47.5 Å². The summed E-state index contributed by atoms with van der Waals surface area (Å²) in [7, 11) is 0. The van der Waals surface area contributed by atoms with Gasteiger partial charge in [-0.25, -0.2) is 4.79 Å². The van der Waals surface area contributed by atoms with E-state index in [1.54, 1.807) is 0 Å². The van der Waals surface area contributed by atoms with E-state index >= 15 is 0 Å². The average molecular weight is 367 g/mol. The van der Waals surface area contributed by atoms with Crippen molar-refractivity contribution in [3.8, 4) is 11.1 Å². The molecule has 2 N–H and O–H groups in total. The Morgan fingerprint density at radius 1 is 0.652 bits per heavy atom. The number of carbonyl (C=O) groups is 1. The van der Waals surface area contributed by atoms with Crippen LogP contribution >= 0.6 is 15.9 Å². The number of anilines is 2. The number of urea groups is 1. The predicted molar refractivity (Wildman–Crippen MR) is 98.7 cm³/mol. The lowest BCUT2D eigenvalue weighted by molar-refractivity contribution is 0.262. The Labute approximate surface area is 143 Å². The van der Waals surface area contributed by atoms with E-state index in [2.05, 4.69) is 38.7 Å². The Morgan fingerprint density at radius 3 is 1.70 bits per heavy atom. The molecule has 0 atom stereocenters. The first-order chi connectivity index (χ1) is 11.2. The normalized spacial score (nSPS) is 10.1. The zero-order valence-electron chi connectivity index (χ0n) is 12.3. The quantitative estimate of drug-likeness (QED) is 0.607. The number of amides is 2. The molecule has 0 fully saturated rings. The molecular formula is C19H15BrN2O. The molecule has 0 aromatic heterocycles. The fraction of sp³-hybridized carbons (Fsp3) is 0. The van der Waals surface area contributed by atoms with Crippen LogP contribution in [0.3, 0.4) is 0 Å². The summed E-state index contributed by atoms with van der Waals surface area (Å²) < 4.78 is 0.972. The molecule has 0 heterocycles. The Kier molecular flexibility index (Phi) is 4.74. The Hall–Kier alpha value is -2.59. The maximum absolute atomic E-state index is 12.0. The Balaban J connectivity index is 1.64. The number of rotatable bonds is 3. The predicted octanol–water partition coefficient (Wildman–Crippen LogP) is 5.76. The molecule has 0 radical (unpaired) electrons. The Morgan fingerprint density at radius 2 is 1.13 bits per heavy atom. The van der Waals surface area contributed by atoms with Gasteiger partial charge in [0, 0.05) is 15.8 Å². The monoisotopic (exact) mass is 366 g/mol. The van der Waals surface area contributed by atoms with Gasteiger partial charge in [-0.3, -0.25) is 0 Å². The van der Waals surface area contributed by atoms with Crippen LogP contribution in [0.5, 0.6) is 0 Å². The second kappa shape index (κ2) is 7.11. The summed E-state index contributed by atoms with van der Waals surface area (Å²) in [6, 6.07) is 25.1. The lowest BCUT2D eigenvalue weighted by Crippen LogP contribution is -2.19. The first-order valence-corrected chi connectivity index (χ1v) is 7.99. The van der Waals surface area contributed by atoms with Crippen molar-refractivity contribution in [2.24, 2.45) is 0 Å². The van der Waals surface area contributed by atoms with Gasteiger partial charge in [-0.2, -0.15) is 0 Å². The molecule has 114 valence electrons. The van der Waals surface area contributed by atoms with Crippen LogP contribution in [-0.4, -0.2) is 6.03 Å². The molecule has 0 aliphatic rings. The smallest absolute Gasteiger partial charge is 0.308 e. The van der Waals surface area contributed by atoms with E-state index in [0.717, 1.165) is 27.0 Å². The molecule has 4 heteroatoms. The van der Waals surface area contributed by atoms with E-state index < -0.39 is 0 Å². The third kappa shape index (κ3) is 4.20. The highest BCUT2D eigenvalue weighted by Gasteiger charge is 2.03. The van der Waals surface area contributed by atoms with E-state index in [4.69, 9.17) is 0 Å². The molecule has 0 aliphatic carbocycles. The van der Waals surface area contributed by atoms with Crippen LogP contribution in [0, 0.1) is 0 Å². The van der Waals surface area contributed by atoms with Crippen LogP contribution in [-0.2, 0) is 0 Å². The molecule has 0 saturated heterocycles. The molecule has 3 aromatic rings. The van der Waals surface area contributed by atoms with Crippen LogP contribution in [0.4, 0.5) is 16.2 Å². The molecule has 0 unspecified atom stereocenters.